The summed E-state index contributed by atoms with van der Waals surface area (Å²) in [6, 6.07) is 0.341. The van der Waals surface area contributed by atoms with Crippen LogP contribution < -0.4 is 5.32 Å². The van der Waals surface area contributed by atoms with Gasteiger partial charge in [0.2, 0.25) is 0 Å². The van der Waals surface area contributed by atoms with Crippen LogP contribution >= 0.6 is 0 Å². The molecule has 1 rings (SSSR count). The molecule has 1 aliphatic rings. The fraction of sp³-hybridized carbons (Fsp3) is 1.00. The van der Waals surface area contributed by atoms with E-state index in [0.29, 0.717) is 11.5 Å². The molecule has 0 amide bonds. The van der Waals surface area contributed by atoms with E-state index < -0.39 is 0 Å². The molecule has 78 valence electrons. The zero-order valence-corrected chi connectivity index (χ0v) is 9.14. The Morgan fingerprint density at radius 2 is 1.85 bits per heavy atom. The molecule has 2 N–H and O–H groups in total. The van der Waals surface area contributed by atoms with Gasteiger partial charge in [-0.25, -0.2) is 0 Å². The van der Waals surface area contributed by atoms with E-state index in [1.165, 1.54) is 12.8 Å². The van der Waals surface area contributed by atoms with E-state index in [0.717, 1.165) is 19.4 Å². The van der Waals surface area contributed by atoms with Crippen LogP contribution in [0.25, 0.3) is 0 Å². The van der Waals surface area contributed by atoms with Crippen molar-refractivity contribution >= 4 is 0 Å². The Labute approximate surface area is 81.7 Å². The van der Waals surface area contributed by atoms with Crippen LogP contribution in [0.15, 0.2) is 0 Å². The minimum atomic E-state index is -0.115. The van der Waals surface area contributed by atoms with Crippen LogP contribution in [0.4, 0.5) is 0 Å². The van der Waals surface area contributed by atoms with Gasteiger partial charge in [0.1, 0.15) is 0 Å². The molecule has 0 aliphatic heterocycles. The molecule has 1 saturated carbocycles. The molecule has 0 aromatic carbocycles. The summed E-state index contributed by atoms with van der Waals surface area (Å²) in [6.07, 6.45) is 4.45. The van der Waals surface area contributed by atoms with Gasteiger partial charge in [-0.15, -0.1) is 0 Å². The van der Waals surface area contributed by atoms with Gasteiger partial charge in [0.25, 0.3) is 0 Å². The highest BCUT2D eigenvalue weighted by Crippen LogP contribution is 2.19. The van der Waals surface area contributed by atoms with Crippen molar-refractivity contribution in [2.75, 3.05) is 6.54 Å². The summed E-state index contributed by atoms with van der Waals surface area (Å²) in [7, 11) is 0. The smallest absolute Gasteiger partial charge is 0.0693 e. The first-order chi connectivity index (χ1) is 5.99. The molecule has 1 fully saturated rings. The third kappa shape index (κ3) is 4.10. The fourth-order valence-corrected chi connectivity index (χ4v) is 1.79. The van der Waals surface area contributed by atoms with Gasteiger partial charge in [-0.05, 0) is 18.3 Å². The summed E-state index contributed by atoms with van der Waals surface area (Å²) >= 11 is 0. The summed E-state index contributed by atoms with van der Waals surface area (Å²) in [5.74, 6) is 0. The Kier molecular flexibility index (Phi) is 3.74. The average molecular weight is 185 g/mol. The van der Waals surface area contributed by atoms with Crippen LogP contribution in [0, 0.1) is 5.41 Å². The largest absolute Gasteiger partial charge is 0.392 e. The summed E-state index contributed by atoms with van der Waals surface area (Å²) in [5.41, 5.74) is 0.317. The Bertz CT molecular complexity index is 151. The summed E-state index contributed by atoms with van der Waals surface area (Å²) < 4.78 is 0. The van der Waals surface area contributed by atoms with E-state index >= 15 is 0 Å². The molecule has 0 aromatic rings. The highest BCUT2D eigenvalue weighted by molar-refractivity contribution is 4.81. The maximum atomic E-state index is 9.70. The van der Waals surface area contributed by atoms with Gasteiger partial charge in [-0.3, -0.25) is 0 Å². The minimum Gasteiger partial charge on any atom is -0.392 e. The van der Waals surface area contributed by atoms with Crippen molar-refractivity contribution < 1.29 is 5.11 Å². The van der Waals surface area contributed by atoms with Gasteiger partial charge in [-0.1, -0.05) is 33.6 Å². The molecule has 0 spiro atoms. The van der Waals surface area contributed by atoms with E-state index in [4.69, 9.17) is 0 Å². The molecule has 2 unspecified atom stereocenters. The normalized spacial score (nSPS) is 30.5. The summed E-state index contributed by atoms with van der Waals surface area (Å²) in [4.78, 5) is 0. The summed E-state index contributed by atoms with van der Waals surface area (Å²) in [5, 5.41) is 13.2. The first-order valence-electron chi connectivity index (χ1n) is 5.40. The Hall–Kier alpha value is -0.0800. The van der Waals surface area contributed by atoms with Crippen molar-refractivity contribution in [1.29, 1.82) is 0 Å². The van der Waals surface area contributed by atoms with Crippen LogP contribution in [0.1, 0.15) is 46.5 Å². The van der Waals surface area contributed by atoms with Crippen LogP contribution in [0.2, 0.25) is 0 Å². The van der Waals surface area contributed by atoms with Crippen LogP contribution in [-0.2, 0) is 0 Å². The molecule has 0 heterocycles. The molecular weight excluding hydrogens is 162 g/mol. The van der Waals surface area contributed by atoms with Gasteiger partial charge in [-0.2, -0.15) is 0 Å². The molecule has 0 aromatic heterocycles. The van der Waals surface area contributed by atoms with Crippen molar-refractivity contribution in [3.8, 4) is 0 Å². The second-order valence-electron chi connectivity index (χ2n) is 5.40. The van der Waals surface area contributed by atoms with Gasteiger partial charge < -0.3 is 10.4 Å². The summed E-state index contributed by atoms with van der Waals surface area (Å²) in [6.45, 7) is 7.65. The predicted octanol–water partition coefficient (Wildman–Crippen LogP) is 1.93. The molecule has 0 radical (unpaired) electrons. The molecule has 0 saturated heterocycles. The lowest BCUT2D eigenvalue weighted by Crippen LogP contribution is -2.45. The van der Waals surface area contributed by atoms with E-state index in [1.54, 1.807) is 0 Å². The Morgan fingerprint density at radius 1 is 1.23 bits per heavy atom. The van der Waals surface area contributed by atoms with E-state index in [9.17, 15) is 5.11 Å². The third-order valence-electron chi connectivity index (χ3n) is 2.62. The van der Waals surface area contributed by atoms with Gasteiger partial charge in [0.15, 0.2) is 0 Å². The number of hydrogen-bond donors (Lipinski definition) is 2. The second-order valence-corrected chi connectivity index (χ2v) is 5.40. The molecule has 13 heavy (non-hydrogen) atoms. The van der Waals surface area contributed by atoms with Crippen molar-refractivity contribution in [2.24, 2.45) is 5.41 Å². The van der Waals surface area contributed by atoms with Gasteiger partial charge in [0.05, 0.1) is 6.10 Å². The van der Waals surface area contributed by atoms with Crippen molar-refractivity contribution in [3.05, 3.63) is 0 Å². The maximum Gasteiger partial charge on any atom is 0.0693 e. The quantitative estimate of drug-likeness (QED) is 0.689. The van der Waals surface area contributed by atoms with Crippen LogP contribution in [0.3, 0.4) is 0 Å². The lowest BCUT2D eigenvalue weighted by Gasteiger charge is -2.31. The number of aliphatic hydroxyl groups is 1. The number of aliphatic hydroxyl groups excluding tert-OH is 1. The van der Waals surface area contributed by atoms with E-state index in [1.807, 2.05) is 0 Å². The minimum absolute atomic E-state index is 0.115. The predicted molar refractivity (Wildman–Crippen MR) is 55.7 cm³/mol. The Balaban J connectivity index is 2.27. The van der Waals surface area contributed by atoms with Crippen molar-refractivity contribution in [2.45, 2.75) is 58.6 Å². The molecule has 0 bridgehead atoms. The SMILES string of the molecule is CC(C)(C)CNC1CCCCC1O. The topological polar surface area (TPSA) is 32.3 Å². The molecular formula is C11H23NO. The first-order valence-corrected chi connectivity index (χ1v) is 5.40. The standard InChI is InChI=1S/C11H23NO/c1-11(2,3)8-12-9-6-4-5-7-10(9)13/h9-10,12-13H,4-8H2,1-3H3. The van der Waals surface area contributed by atoms with Crippen LogP contribution in [-0.4, -0.2) is 23.8 Å². The molecule has 2 nitrogen and oxygen atoms in total. The molecule has 2 heteroatoms. The highest BCUT2D eigenvalue weighted by atomic mass is 16.3. The first kappa shape index (κ1) is 11.0. The number of nitrogens with one attached hydrogen (secondary N) is 1. The average Bonchev–Trinajstić information content (AvgIpc) is 2.01. The van der Waals surface area contributed by atoms with E-state index in [-0.39, 0.29) is 6.10 Å². The van der Waals surface area contributed by atoms with Gasteiger partial charge in [0, 0.05) is 12.6 Å². The highest BCUT2D eigenvalue weighted by Gasteiger charge is 2.23. The second kappa shape index (κ2) is 4.43. The van der Waals surface area contributed by atoms with Crippen LogP contribution in [0.5, 0.6) is 0 Å². The van der Waals surface area contributed by atoms with E-state index in [2.05, 4.69) is 26.1 Å². The lowest BCUT2D eigenvalue weighted by molar-refractivity contribution is 0.0863. The monoisotopic (exact) mass is 185 g/mol. The maximum absolute atomic E-state index is 9.70. The van der Waals surface area contributed by atoms with Crippen molar-refractivity contribution in [3.63, 3.8) is 0 Å². The number of hydrogen-bond acceptors (Lipinski definition) is 2. The zero-order chi connectivity index (χ0) is 9.90. The van der Waals surface area contributed by atoms with Crippen molar-refractivity contribution in [1.82, 2.24) is 5.32 Å². The lowest BCUT2D eigenvalue weighted by atomic mass is 9.90. The number of rotatable bonds is 2. The molecule has 2 atom stereocenters. The fourth-order valence-electron chi connectivity index (χ4n) is 1.79. The molecule has 1 aliphatic carbocycles. The Morgan fingerprint density at radius 3 is 2.38 bits per heavy atom. The zero-order valence-electron chi connectivity index (χ0n) is 9.14. The third-order valence-corrected chi connectivity index (χ3v) is 2.62. The van der Waals surface area contributed by atoms with Gasteiger partial charge >= 0.3 is 0 Å².